The standard InChI is InChI=1S/C27H24N2O2/c1-3-23(24-7-5-4-6-18(24)2)27(21-13-14-25-22(16-21)17-28-29-25)20-11-8-19(9-12-20)10-15-26(30)31/h4-17H,3H2,1-2H3,(H,28,29)(H,30,31)/b15-10+,27-23+. The minimum absolute atomic E-state index is 0.852. The highest BCUT2D eigenvalue weighted by atomic mass is 16.4. The topological polar surface area (TPSA) is 66.0 Å². The van der Waals surface area contributed by atoms with E-state index in [-0.39, 0.29) is 0 Å². The van der Waals surface area contributed by atoms with Gasteiger partial charge >= 0.3 is 5.97 Å². The minimum atomic E-state index is -0.953. The van der Waals surface area contributed by atoms with Gasteiger partial charge in [-0.05, 0) is 70.5 Å². The van der Waals surface area contributed by atoms with Crippen LogP contribution < -0.4 is 0 Å². The second kappa shape index (κ2) is 8.84. The molecule has 0 bridgehead atoms. The van der Waals surface area contributed by atoms with Gasteiger partial charge in [0.2, 0.25) is 0 Å². The number of rotatable bonds is 6. The van der Waals surface area contributed by atoms with E-state index in [0.717, 1.165) is 40.1 Å². The molecule has 3 aromatic carbocycles. The van der Waals surface area contributed by atoms with E-state index in [1.54, 1.807) is 6.08 Å². The van der Waals surface area contributed by atoms with Crippen molar-refractivity contribution in [3.63, 3.8) is 0 Å². The Bertz CT molecular complexity index is 1290. The lowest BCUT2D eigenvalue weighted by Crippen LogP contribution is -1.97. The van der Waals surface area contributed by atoms with Gasteiger partial charge in [0.15, 0.2) is 0 Å². The summed E-state index contributed by atoms with van der Waals surface area (Å²) in [7, 11) is 0. The van der Waals surface area contributed by atoms with Gasteiger partial charge in [-0.3, -0.25) is 5.10 Å². The number of hydrogen-bond acceptors (Lipinski definition) is 2. The highest BCUT2D eigenvalue weighted by Crippen LogP contribution is 2.36. The van der Waals surface area contributed by atoms with E-state index in [9.17, 15) is 4.79 Å². The van der Waals surface area contributed by atoms with Crippen LogP contribution in [0.1, 0.15) is 41.2 Å². The molecule has 0 aliphatic heterocycles. The van der Waals surface area contributed by atoms with Gasteiger partial charge in [-0.25, -0.2) is 4.79 Å². The summed E-state index contributed by atoms with van der Waals surface area (Å²) >= 11 is 0. The SMILES string of the molecule is CC/C(=C(/c1ccc(/C=C/C(=O)O)cc1)c1ccc2[nH]ncc2c1)c1ccccc1C. The van der Waals surface area contributed by atoms with Crippen LogP contribution in [0.3, 0.4) is 0 Å². The summed E-state index contributed by atoms with van der Waals surface area (Å²) in [6.07, 6.45) is 5.48. The van der Waals surface area contributed by atoms with Gasteiger partial charge in [0.1, 0.15) is 0 Å². The van der Waals surface area contributed by atoms with E-state index in [1.165, 1.54) is 22.3 Å². The molecule has 1 aromatic heterocycles. The highest BCUT2D eigenvalue weighted by molar-refractivity contribution is 6.01. The molecular weight excluding hydrogens is 384 g/mol. The van der Waals surface area contributed by atoms with E-state index < -0.39 is 5.97 Å². The average Bonchev–Trinajstić information content (AvgIpc) is 3.25. The van der Waals surface area contributed by atoms with Crippen molar-refractivity contribution < 1.29 is 9.90 Å². The van der Waals surface area contributed by atoms with Crippen LogP contribution in [0.5, 0.6) is 0 Å². The van der Waals surface area contributed by atoms with E-state index in [2.05, 4.69) is 78.6 Å². The number of aromatic nitrogens is 2. The summed E-state index contributed by atoms with van der Waals surface area (Å²) in [5, 5.41) is 17.1. The number of fused-ring (bicyclic) bond motifs is 1. The second-order valence-corrected chi connectivity index (χ2v) is 7.49. The van der Waals surface area contributed by atoms with Crippen LogP contribution in [-0.4, -0.2) is 21.3 Å². The van der Waals surface area contributed by atoms with Crippen LogP contribution in [0.15, 0.2) is 79.0 Å². The molecule has 4 rings (SSSR count). The number of carboxylic acids is 1. The number of carboxylic acid groups (broad SMARTS) is 1. The Kier molecular flexibility index (Phi) is 5.80. The van der Waals surface area contributed by atoms with Crippen molar-refractivity contribution in [1.82, 2.24) is 10.2 Å². The van der Waals surface area contributed by atoms with E-state index in [1.807, 2.05) is 18.3 Å². The molecule has 0 unspecified atom stereocenters. The Morgan fingerprint density at radius 1 is 1.03 bits per heavy atom. The maximum absolute atomic E-state index is 10.8. The fourth-order valence-corrected chi connectivity index (χ4v) is 3.96. The lowest BCUT2D eigenvalue weighted by Gasteiger charge is -2.18. The molecular formula is C27H24N2O2. The van der Waals surface area contributed by atoms with Crippen LogP contribution >= 0.6 is 0 Å². The number of hydrogen-bond donors (Lipinski definition) is 2. The Labute approximate surface area is 181 Å². The number of H-pyrrole nitrogens is 1. The Balaban J connectivity index is 1.92. The Morgan fingerprint density at radius 3 is 2.48 bits per heavy atom. The fraction of sp³-hybridized carbons (Fsp3) is 0.111. The number of allylic oxidation sites excluding steroid dienone is 1. The van der Waals surface area contributed by atoms with Crippen molar-refractivity contribution in [2.75, 3.05) is 0 Å². The number of aryl methyl sites for hydroxylation is 1. The molecule has 1 heterocycles. The number of aromatic amines is 1. The summed E-state index contributed by atoms with van der Waals surface area (Å²) in [5.74, 6) is -0.953. The molecule has 4 aromatic rings. The molecule has 31 heavy (non-hydrogen) atoms. The molecule has 0 aliphatic carbocycles. The molecule has 154 valence electrons. The van der Waals surface area contributed by atoms with Crippen molar-refractivity contribution in [2.45, 2.75) is 20.3 Å². The first-order valence-electron chi connectivity index (χ1n) is 10.3. The van der Waals surface area contributed by atoms with Crippen molar-refractivity contribution >= 4 is 34.1 Å². The fourth-order valence-electron chi connectivity index (χ4n) is 3.96. The predicted molar refractivity (Wildman–Crippen MR) is 127 cm³/mol. The van der Waals surface area contributed by atoms with Crippen LogP contribution in [0.4, 0.5) is 0 Å². The third kappa shape index (κ3) is 4.33. The molecule has 4 heteroatoms. The summed E-state index contributed by atoms with van der Waals surface area (Å²) < 4.78 is 0. The number of benzene rings is 3. The van der Waals surface area contributed by atoms with Crippen molar-refractivity contribution in [3.05, 3.63) is 107 Å². The first-order chi connectivity index (χ1) is 15.1. The molecule has 4 nitrogen and oxygen atoms in total. The Hall–Kier alpha value is -3.92. The van der Waals surface area contributed by atoms with Crippen molar-refractivity contribution in [2.24, 2.45) is 0 Å². The molecule has 0 radical (unpaired) electrons. The van der Waals surface area contributed by atoms with Gasteiger partial charge in [-0.2, -0.15) is 5.10 Å². The van der Waals surface area contributed by atoms with Crippen LogP contribution in [0, 0.1) is 6.92 Å². The third-order valence-electron chi connectivity index (χ3n) is 5.47. The molecule has 0 aliphatic rings. The largest absolute Gasteiger partial charge is 0.478 e. The number of nitrogens with zero attached hydrogens (tertiary/aromatic N) is 1. The molecule has 0 fully saturated rings. The zero-order chi connectivity index (χ0) is 21.8. The van der Waals surface area contributed by atoms with Gasteiger partial charge in [0.25, 0.3) is 0 Å². The van der Waals surface area contributed by atoms with Gasteiger partial charge < -0.3 is 5.11 Å². The first kappa shape index (κ1) is 20.4. The molecule has 0 saturated carbocycles. The second-order valence-electron chi connectivity index (χ2n) is 7.49. The zero-order valence-electron chi connectivity index (χ0n) is 17.6. The number of aliphatic carboxylic acids is 1. The number of nitrogens with one attached hydrogen (secondary N) is 1. The normalized spacial score (nSPS) is 12.3. The monoisotopic (exact) mass is 408 g/mol. The lowest BCUT2D eigenvalue weighted by atomic mass is 9.86. The van der Waals surface area contributed by atoms with Crippen LogP contribution in [0.2, 0.25) is 0 Å². The molecule has 0 saturated heterocycles. The maximum atomic E-state index is 10.8. The minimum Gasteiger partial charge on any atom is -0.478 e. The number of carbonyl (C=O) groups is 1. The van der Waals surface area contributed by atoms with Gasteiger partial charge in [-0.15, -0.1) is 0 Å². The van der Waals surface area contributed by atoms with Crippen LogP contribution in [0.25, 0.3) is 28.1 Å². The lowest BCUT2D eigenvalue weighted by molar-refractivity contribution is -0.131. The van der Waals surface area contributed by atoms with E-state index in [4.69, 9.17) is 5.11 Å². The Morgan fingerprint density at radius 2 is 1.77 bits per heavy atom. The highest BCUT2D eigenvalue weighted by Gasteiger charge is 2.15. The third-order valence-corrected chi connectivity index (χ3v) is 5.47. The predicted octanol–water partition coefficient (Wildman–Crippen LogP) is 6.34. The van der Waals surface area contributed by atoms with Gasteiger partial charge in [0, 0.05) is 11.5 Å². The summed E-state index contributed by atoms with van der Waals surface area (Å²) in [6, 6.07) is 22.8. The van der Waals surface area contributed by atoms with Gasteiger partial charge in [-0.1, -0.05) is 61.5 Å². The first-order valence-corrected chi connectivity index (χ1v) is 10.3. The average molecular weight is 409 g/mol. The smallest absolute Gasteiger partial charge is 0.328 e. The zero-order valence-corrected chi connectivity index (χ0v) is 17.6. The quantitative estimate of drug-likeness (QED) is 0.289. The van der Waals surface area contributed by atoms with Crippen LogP contribution in [-0.2, 0) is 4.79 Å². The molecule has 0 amide bonds. The van der Waals surface area contributed by atoms with Gasteiger partial charge in [0.05, 0.1) is 11.7 Å². The molecule has 0 atom stereocenters. The molecule has 0 spiro atoms. The van der Waals surface area contributed by atoms with E-state index >= 15 is 0 Å². The maximum Gasteiger partial charge on any atom is 0.328 e. The molecule has 2 N–H and O–H groups in total. The summed E-state index contributed by atoms with van der Waals surface area (Å²) in [4.78, 5) is 10.8. The van der Waals surface area contributed by atoms with Crippen molar-refractivity contribution in [1.29, 1.82) is 0 Å². The summed E-state index contributed by atoms with van der Waals surface area (Å²) in [5.41, 5.74) is 9.00. The van der Waals surface area contributed by atoms with Crippen molar-refractivity contribution in [3.8, 4) is 0 Å². The van der Waals surface area contributed by atoms with E-state index in [0.29, 0.717) is 0 Å². The summed E-state index contributed by atoms with van der Waals surface area (Å²) in [6.45, 7) is 4.32.